The minimum atomic E-state index is -0.216. The third-order valence-corrected chi connectivity index (χ3v) is 1.77. The fraction of sp³-hybridized carbons (Fsp3) is 0.400. The Morgan fingerprint density at radius 2 is 2.00 bits per heavy atom. The van der Waals surface area contributed by atoms with Gasteiger partial charge in [0.05, 0.1) is 6.07 Å². The molecule has 0 fully saturated rings. The van der Waals surface area contributed by atoms with Gasteiger partial charge < -0.3 is 4.74 Å². The van der Waals surface area contributed by atoms with Crippen molar-refractivity contribution in [1.29, 1.82) is 0 Å². The number of rotatable bonds is 2. The quantitative estimate of drug-likeness (QED) is 0.681. The van der Waals surface area contributed by atoms with Gasteiger partial charge in [-0.25, -0.2) is 0 Å². The summed E-state index contributed by atoms with van der Waals surface area (Å²) in [7, 11) is 0. The van der Waals surface area contributed by atoms with Crippen molar-refractivity contribution >= 4 is 11.7 Å². The van der Waals surface area contributed by atoms with Crippen LogP contribution in [0, 0.1) is 0 Å². The third-order valence-electron chi connectivity index (χ3n) is 1.33. The van der Waals surface area contributed by atoms with Gasteiger partial charge in [0.25, 0.3) is 4.90 Å². The van der Waals surface area contributed by atoms with Crippen LogP contribution in [-0.4, -0.2) is 5.60 Å². The molecular formula is C10H13O2S+. The van der Waals surface area contributed by atoms with E-state index >= 15 is 0 Å². The zero-order chi connectivity index (χ0) is 9.90. The molecule has 70 valence electrons. The van der Waals surface area contributed by atoms with Crippen molar-refractivity contribution in [3.63, 3.8) is 0 Å². The van der Waals surface area contributed by atoms with E-state index < -0.39 is 0 Å². The van der Waals surface area contributed by atoms with Crippen LogP contribution in [-0.2, 0) is 15.9 Å². The predicted octanol–water partition coefficient (Wildman–Crippen LogP) is 2.65. The summed E-state index contributed by atoms with van der Waals surface area (Å²) in [5.41, 5.74) is -0.216. The van der Waals surface area contributed by atoms with E-state index in [1.165, 1.54) is 0 Å². The molecule has 0 heterocycles. The molecule has 0 aliphatic rings. The van der Waals surface area contributed by atoms with Crippen LogP contribution in [0.1, 0.15) is 20.8 Å². The van der Waals surface area contributed by atoms with Gasteiger partial charge in [-0.05, 0) is 26.8 Å². The Labute approximate surface area is 82.4 Å². The summed E-state index contributed by atoms with van der Waals surface area (Å²) in [4.78, 5) is 0.682. The zero-order valence-corrected chi connectivity index (χ0v) is 8.85. The minimum absolute atomic E-state index is 0.216. The highest BCUT2D eigenvalue weighted by Gasteiger charge is 2.14. The standard InChI is InChI=1S/C10H13O2S/c1-10(2,3)12-8-5-4-6-9(7-8)13-11/h4-7H,1-3H3/q+1. The first-order valence-electron chi connectivity index (χ1n) is 4.10. The number of ether oxygens (including phenoxy) is 1. The van der Waals surface area contributed by atoms with Gasteiger partial charge in [0.1, 0.15) is 11.4 Å². The number of hydrogen-bond acceptors (Lipinski definition) is 2. The molecule has 2 nitrogen and oxygen atoms in total. The topological polar surface area (TPSA) is 26.3 Å². The van der Waals surface area contributed by atoms with Gasteiger partial charge >= 0.3 is 11.7 Å². The van der Waals surface area contributed by atoms with E-state index in [1.807, 2.05) is 32.9 Å². The van der Waals surface area contributed by atoms with Crippen LogP contribution in [0.25, 0.3) is 0 Å². The smallest absolute Gasteiger partial charge is 0.488 e. The molecule has 13 heavy (non-hydrogen) atoms. The first-order valence-corrected chi connectivity index (χ1v) is 4.84. The molecular weight excluding hydrogens is 184 g/mol. The second-order valence-corrected chi connectivity index (χ2v) is 4.41. The maximum atomic E-state index is 10.5. The maximum absolute atomic E-state index is 10.5. The van der Waals surface area contributed by atoms with Crippen LogP contribution in [0.4, 0.5) is 0 Å². The molecule has 0 aliphatic heterocycles. The molecule has 0 amide bonds. The lowest BCUT2D eigenvalue weighted by atomic mass is 10.2. The summed E-state index contributed by atoms with van der Waals surface area (Å²) in [6.45, 7) is 5.93. The Balaban J connectivity index is 2.84. The molecule has 1 aromatic carbocycles. The average molecular weight is 197 g/mol. The molecule has 0 spiro atoms. The van der Waals surface area contributed by atoms with Crippen LogP contribution >= 0.6 is 0 Å². The summed E-state index contributed by atoms with van der Waals surface area (Å²) >= 11 is 0.479. The second kappa shape index (κ2) is 3.83. The molecule has 3 heteroatoms. The van der Waals surface area contributed by atoms with Crippen LogP contribution in [0.5, 0.6) is 5.75 Å². The summed E-state index contributed by atoms with van der Waals surface area (Å²) < 4.78 is 16.1. The lowest BCUT2D eigenvalue weighted by Crippen LogP contribution is -2.22. The first kappa shape index (κ1) is 10.1. The molecule has 0 aromatic heterocycles. The Morgan fingerprint density at radius 3 is 2.54 bits per heavy atom. The Morgan fingerprint density at radius 1 is 1.31 bits per heavy atom. The van der Waals surface area contributed by atoms with E-state index in [9.17, 15) is 4.21 Å². The third kappa shape index (κ3) is 3.51. The lowest BCUT2D eigenvalue weighted by Gasteiger charge is -2.20. The van der Waals surface area contributed by atoms with Gasteiger partial charge in [-0.1, -0.05) is 6.07 Å². The zero-order valence-electron chi connectivity index (χ0n) is 8.03. The molecule has 0 saturated heterocycles. The van der Waals surface area contributed by atoms with E-state index in [-0.39, 0.29) is 5.60 Å². The van der Waals surface area contributed by atoms with Gasteiger partial charge in [-0.15, -0.1) is 0 Å². The molecule has 0 bridgehead atoms. The number of hydrogen-bond donors (Lipinski definition) is 0. The second-order valence-electron chi connectivity index (χ2n) is 3.77. The molecule has 0 unspecified atom stereocenters. The van der Waals surface area contributed by atoms with Crippen molar-refractivity contribution < 1.29 is 8.95 Å². The SMILES string of the molecule is CC(C)(C)Oc1cccc([S+]=O)c1. The van der Waals surface area contributed by atoms with E-state index in [1.54, 1.807) is 12.1 Å². The van der Waals surface area contributed by atoms with Crippen molar-refractivity contribution in [2.45, 2.75) is 31.3 Å². The van der Waals surface area contributed by atoms with Crippen LogP contribution in [0.2, 0.25) is 0 Å². The largest absolute Gasteiger partial charge is 0.505 e. The summed E-state index contributed by atoms with van der Waals surface area (Å²) in [5.74, 6) is 0.744. The monoisotopic (exact) mass is 197 g/mol. The molecule has 0 N–H and O–H groups in total. The fourth-order valence-corrected chi connectivity index (χ4v) is 1.24. The Kier molecular flexibility index (Phi) is 2.98. The van der Waals surface area contributed by atoms with Gasteiger partial charge in [0.2, 0.25) is 0 Å². The lowest BCUT2D eigenvalue weighted by molar-refractivity contribution is 0.130. The minimum Gasteiger partial charge on any atom is -0.488 e. The Bertz CT molecular complexity index is 302. The van der Waals surface area contributed by atoms with Crippen molar-refractivity contribution in [3.05, 3.63) is 24.3 Å². The van der Waals surface area contributed by atoms with Crippen molar-refractivity contribution in [3.8, 4) is 5.75 Å². The van der Waals surface area contributed by atoms with Gasteiger partial charge in [-0.3, -0.25) is 0 Å². The molecule has 1 rings (SSSR count). The molecule has 0 saturated carbocycles. The van der Waals surface area contributed by atoms with Crippen molar-refractivity contribution in [2.75, 3.05) is 0 Å². The highest BCUT2D eigenvalue weighted by Crippen LogP contribution is 2.19. The van der Waals surface area contributed by atoms with E-state index in [4.69, 9.17) is 4.74 Å². The van der Waals surface area contributed by atoms with Crippen LogP contribution in [0.15, 0.2) is 29.2 Å². The summed E-state index contributed by atoms with van der Waals surface area (Å²) in [5, 5.41) is 0. The van der Waals surface area contributed by atoms with Crippen molar-refractivity contribution in [1.82, 2.24) is 0 Å². The molecule has 1 aromatic rings. The maximum Gasteiger partial charge on any atom is 0.505 e. The van der Waals surface area contributed by atoms with Gasteiger partial charge in [0.15, 0.2) is 0 Å². The fourth-order valence-electron chi connectivity index (χ4n) is 0.943. The normalized spacial score (nSPS) is 11.0. The highest BCUT2D eigenvalue weighted by atomic mass is 32.1. The van der Waals surface area contributed by atoms with Gasteiger partial charge in [-0.2, -0.15) is 0 Å². The Hall–Kier alpha value is -0.960. The molecule has 0 radical (unpaired) electrons. The first-order chi connectivity index (χ1) is 6.01. The average Bonchev–Trinajstić information content (AvgIpc) is 2.01. The number of benzene rings is 1. The highest BCUT2D eigenvalue weighted by molar-refractivity contribution is 7.65. The molecule has 0 atom stereocenters. The summed E-state index contributed by atoms with van der Waals surface area (Å²) in [6.07, 6.45) is 0. The predicted molar refractivity (Wildman–Crippen MR) is 53.1 cm³/mol. The van der Waals surface area contributed by atoms with Crippen LogP contribution in [0.3, 0.4) is 0 Å². The van der Waals surface area contributed by atoms with Gasteiger partial charge in [0, 0.05) is 10.3 Å². The van der Waals surface area contributed by atoms with E-state index in [2.05, 4.69) is 0 Å². The molecule has 0 aliphatic carbocycles. The van der Waals surface area contributed by atoms with Crippen molar-refractivity contribution in [2.24, 2.45) is 0 Å². The van der Waals surface area contributed by atoms with E-state index in [0.717, 1.165) is 5.75 Å². The van der Waals surface area contributed by atoms with E-state index in [0.29, 0.717) is 16.6 Å². The van der Waals surface area contributed by atoms with Crippen LogP contribution < -0.4 is 4.74 Å². The summed E-state index contributed by atoms with van der Waals surface area (Å²) in [6, 6.07) is 7.20.